The van der Waals surface area contributed by atoms with Crippen molar-refractivity contribution in [3.63, 3.8) is 0 Å². The number of hydrogen-bond acceptors (Lipinski definition) is 3. The molecule has 0 aliphatic rings. The molecule has 14 heavy (non-hydrogen) atoms. The van der Waals surface area contributed by atoms with Crippen LogP contribution in [0.25, 0.3) is 0 Å². The highest BCUT2D eigenvalue weighted by Gasteiger charge is 2.17. The molecule has 0 saturated heterocycles. The van der Waals surface area contributed by atoms with Gasteiger partial charge in [0.1, 0.15) is 6.26 Å². The summed E-state index contributed by atoms with van der Waals surface area (Å²) in [6, 6.07) is 1.65. The maximum absolute atomic E-state index is 11.5. The lowest BCUT2D eigenvalue weighted by Crippen LogP contribution is -2.39. The van der Waals surface area contributed by atoms with Gasteiger partial charge in [0.05, 0.1) is 0 Å². The fourth-order valence-electron chi connectivity index (χ4n) is 0.955. The van der Waals surface area contributed by atoms with Crippen molar-refractivity contribution in [2.75, 3.05) is 5.33 Å². The van der Waals surface area contributed by atoms with Gasteiger partial charge in [-0.1, -0.05) is 34.9 Å². The van der Waals surface area contributed by atoms with Gasteiger partial charge in [0, 0.05) is 17.4 Å². The Morgan fingerprint density at radius 1 is 1.71 bits per heavy atom. The van der Waals surface area contributed by atoms with Crippen molar-refractivity contribution in [1.29, 1.82) is 0 Å². The second-order valence-electron chi connectivity index (χ2n) is 3.36. The molecule has 0 aliphatic heterocycles. The number of nitrogens with one attached hydrogen (secondary N) is 1. The molecule has 1 rings (SSSR count). The first-order valence-electron chi connectivity index (χ1n) is 4.42. The summed E-state index contributed by atoms with van der Waals surface area (Å²) in [5, 5.41) is 7.15. The van der Waals surface area contributed by atoms with Gasteiger partial charge in [-0.05, 0) is 5.92 Å². The molecule has 0 aliphatic carbocycles. The third kappa shape index (κ3) is 2.83. The summed E-state index contributed by atoms with van der Waals surface area (Å²) in [7, 11) is 0. The van der Waals surface area contributed by atoms with Crippen LogP contribution in [0.2, 0.25) is 0 Å². The van der Waals surface area contributed by atoms with Crippen molar-refractivity contribution in [2.45, 2.75) is 19.9 Å². The molecule has 4 nitrogen and oxygen atoms in total. The van der Waals surface area contributed by atoms with Crippen LogP contribution in [0.15, 0.2) is 16.9 Å². The molecule has 0 aromatic carbocycles. The van der Waals surface area contributed by atoms with Crippen molar-refractivity contribution in [3.05, 3.63) is 18.0 Å². The topological polar surface area (TPSA) is 55.1 Å². The summed E-state index contributed by atoms with van der Waals surface area (Å²) in [4.78, 5) is 11.5. The Bertz CT molecular complexity index is 285. The third-order valence-corrected chi connectivity index (χ3v) is 2.66. The van der Waals surface area contributed by atoms with Gasteiger partial charge in [0.2, 0.25) is 0 Å². The highest BCUT2D eigenvalue weighted by atomic mass is 79.9. The molecule has 1 N–H and O–H groups in total. The van der Waals surface area contributed by atoms with Gasteiger partial charge in [-0.3, -0.25) is 4.79 Å². The fourth-order valence-corrected chi connectivity index (χ4v) is 1.86. The number of rotatable bonds is 4. The maximum atomic E-state index is 11.5. The lowest BCUT2D eigenvalue weighted by atomic mass is 10.1. The van der Waals surface area contributed by atoms with Crippen LogP contribution < -0.4 is 5.32 Å². The predicted molar refractivity (Wildman–Crippen MR) is 56.4 cm³/mol. The van der Waals surface area contributed by atoms with E-state index in [0.717, 1.165) is 5.33 Å². The lowest BCUT2D eigenvalue weighted by molar-refractivity contribution is 0.0922. The van der Waals surface area contributed by atoms with E-state index in [0.29, 0.717) is 11.6 Å². The minimum absolute atomic E-state index is 0.110. The summed E-state index contributed by atoms with van der Waals surface area (Å²) in [6.07, 6.45) is 1.38. The lowest BCUT2D eigenvalue weighted by Gasteiger charge is -2.18. The first-order valence-corrected chi connectivity index (χ1v) is 5.54. The molecule has 1 amide bonds. The van der Waals surface area contributed by atoms with E-state index < -0.39 is 0 Å². The van der Waals surface area contributed by atoms with Gasteiger partial charge >= 0.3 is 0 Å². The van der Waals surface area contributed by atoms with Gasteiger partial charge in [0.15, 0.2) is 5.69 Å². The van der Waals surface area contributed by atoms with Crippen LogP contribution >= 0.6 is 15.9 Å². The Labute approximate surface area is 91.2 Å². The number of carbonyl (C=O) groups is 1. The zero-order valence-corrected chi connectivity index (χ0v) is 9.74. The summed E-state index contributed by atoms with van der Waals surface area (Å²) in [6.45, 7) is 4.10. The Morgan fingerprint density at radius 3 is 2.86 bits per heavy atom. The maximum Gasteiger partial charge on any atom is 0.273 e. The van der Waals surface area contributed by atoms with E-state index in [9.17, 15) is 4.79 Å². The first-order chi connectivity index (χ1) is 6.65. The van der Waals surface area contributed by atoms with E-state index in [1.54, 1.807) is 6.07 Å². The number of amides is 1. The Balaban J connectivity index is 2.56. The van der Waals surface area contributed by atoms with Crippen molar-refractivity contribution in [2.24, 2.45) is 5.92 Å². The van der Waals surface area contributed by atoms with E-state index in [1.807, 2.05) is 0 Å². The molecular formula is C9H13BrN2O2. The van der Waals surface area contributed by atoms with Gasteiger partial charge < -0.3 is 9.84 Å². The monoisotopic (exact) mass is 260 g/mol. The summed E-state index contributed by atoms with van der Waals surface area (Å²) in [5.74, 6) is 0.183. The fraction of sp³-hybridized carbons (Fsp3) is 0.556. The van der Waals surface area contributed by atoms with Gasteiger partial charge in [-0.2, -0.15) is 0 Å². The second kappa shape index (κ2) is 5.14. The number of halogens is 1. The Morgan fingerprint density at radius 2 is 2.43 bits per heavy atom. The van der Waals surface area contributed by atoms with Gasteiger partial charge in [-0.15, -0.1) is 0 Å². The molecule has 78 valence electrons. The van der Waals surface area contributed by atoms with E-state index in [-0.39, 0.29) is 11.9 Å². The SMILES string of the molecule is CC(C)C(CBr)NC(=O)c1ccon1. The largest absolute Gasteiger partial charge is 0.364 e. The minimum atomic E-state index is -0.197. The molecule has 0 spiro atoms. The Hall–Kier alpha value is -0.840. The molecular weight excluding hydrogens is 248 g/mol. The number of nitrogens with zero attached hydrogens (tertiary/aromatic N) is 1. The zero-order valence-electron chi connectivity index (χ0n) is 8.16. The molecule has 1 aromatic heterocycles. The number of alkyl halides is 1. The molecule has 5 heteroatoms. The number of carbonyl (C=O) groups excluding carboxylic acids is 1. The van der Waals surface area contributed by atoms with Crippen LogP contribution in [0.5, 0.6) is 0 Å². The third-order valence-electron chi connectivity index (χ3n) is 1.96. The molecule has 0 saturated carbocycles. The molecule has 0 bridgehead atoms. The predicted octanol–water partition coefficient (Wildman–Crippen LogP) is 1.82. The summed E-state index contributed by atoms with van der Waals surface area (Å²) >= 11 is 3.35. The first kappa shape index (κ1) is 11.2. The molecule has 1 atom stereocenters. The smallest absolute Gasteiger partial charge is 0.273 e. The highest BCUT2D eigenvalue weighted by molar-refractivity contribution is 9.09. The standard InChI is InChI=1S/C9H13BrN2O2/c1-6(2)8(5-10)11-9(13)7-3-4-14-12-7/h3-4,6,8H,5H2,1-2H3,(H,11,13). The van der Waals surface area contributed by atoms with Crippen LogP contribution in [0.1, 0.15) is 24.3 Å². The van der Waals surface area contributed by atoms with Crippen molar-refractivity contribution >= 4 is 21.8 Å². The zero-order chi connectivity index (χ0) is 10.6. The molecule has 0 fully saturated rings. The van der Waals surface area contributed by atoms with Crippen LogP contribution in [-0.4, -0.2) is 22.4 Å². The molecule has 1 aromatic rings. The van der Waals surface area contributed by atoms with Gasteiger partial charge in [-0.25, -0.2) is 0 Å². The average Bonchev–Trinajstić information content (AvgIpc) is 2.65. The van der Waals surface area contributed by atoms with Crippen LogP contribution in [0.3, 0.4) is 0 Å². The quantitative estimate of drug-likeness (QED) is 0.841. The summed E-state index contributed by atoms with van der Waals surface area (Å²) in [5.41, 5.74) is 0.316. The van der Waals surface area contributed by atoms with Crippen LogP contribution in [-0.2, 0) is 0 Å². The Kier molecular flexibility index (Phi) is 4.13. The highest BCUT2D eigenvalue weighted by Crippen LogP contribution is 2.06. The van der Waals surface area contributed by atoms with Crippen molar-refractivity contribution in [3.8, 4) is 0 Å². The van der Waals surface area contributed by atoms with E-state index in [2.05, 4.69) is 44.8 Å². The van der Waals surface area contributed by atoms with E-state index >= 15 is 0 Å². The minimum Gasteiger partial charge on any atom is -0.364 e. The molecule has 0 radical (unpaired) electrons. The number of aromatic nitrogens is 1. The summed E-state index contributed by atoms with van der Waals surface area (Å²) < 4.78 is 4.59. The second-order valence-corrected chi connectivity index (χ2v) is 4.01. The van der Waals surface area contributed by atoms with Crippen LogP contribution in [0, 0.1) is 5.92 Å². The van der Waals surface area contributed by atoms with Crippen molar-refractivity contribution in [1.82, 2.24) is 10.5 Å². The van der Waals surface area contributed by atoms with Crippen LogP contribution in [0.4, 0.5) is 0 Å². The molecule has 1 heterocycles. The molecule has 1 unspecified atom stereocenters. The van der Waals surface area contributed by atoms with Gasteiger partial charge in [0.25, 0.3) is 5.91 Å². The number of hydrogen-bond donors (Lipinski definition) is 1. The van der Waals surface area contributed by atoms with E-state index in [1.165, 1.54) is 6.26 Å². The van der Waals surface area contributed by atoms with E-state index in [4.69, 9.17) is 0 Å². The van der Waals surface area contributed by atoms with Crippen molar-refractivity contribution < 1.29 is 9.32 Å². The normalized spacial score (nSPS) is 12.9. The average molecular weight is 261 g/mol.